The number of hydrogen-bond donors (Lipinski definition) is 1. The Labute approximate surface area is 148 Å². The number of carbonyl (C=O) groups excluding carboxylic acids is 1. The molecule has 1 amide bonds. The molecule has 0 unspecified atom stereocenters. The Kier molecular flexibility index (Phi) is 5.16. The van der Waals surface area contributed by atoms with Gasteiger partial charge in [-0.2, -0.15) is 0 Å². The Morgan fingerprint density at radius 1 is 1.36 bits per heavy atom. The molecule has 25 heavy (non-hydrogen) atoms. The van der Waals surface area contributed by atoms with E-state index >= 15 is 0 Å². The van der Waals surface area contributed by atoms with Crippen LogP contribution in [-0.4, -0.2) is 48.7 Å². The van der Waals surface area contributed by atoms with Crippen LogP contribution in [0, 0.1) is 5.41 Å². The third kappa shape index (κ3) is 3.17. The first kappa shape index (κ1) is 17.6. The molecule has 6 heteroatoms. The van der Waals surface area contributed by atoms with E-state index in [0.717, 1.165) is 49.0 Å². The maximum Gasteiger partial charge on any atom is 0.409 e. The van der Waals surface area contributed by atoms with Gasteiger partial charge in [0.2, 0.25) is 0 Å². The minimum absolute atomic E-state index is 0.230. The first-order chi connectivity index (χ1) is 12.1. The minimum Gasteiger partial charge on any atom is -0.496 e. The molecule has 1 spiro atoms. The first-order valence-corrected chi connectivity index (χ1v) is 8.95. The van der Waals surface area contributed by atoms with Crippen LogP contribution in [0.1, 0.15) is 43.7 Å². The van der Waals surface area contributed by atoms with Crippen LogP contribution in [0.4, 0.5) is 4.79 Å². The monoisotopic (exact) mass is 346 g/mol. The van der Waals surface area contributed by atoms with Gasteiger partial charge in [-0.1, -0.05) is 30.6 Å². The summed E-state index contributed by atoms with van der Waals surface area (Å²) in [6.45, 7) is 3.77. The van der Waals surface area contributed by atoms with Gasteiger partial charge in [-0.15, -0.1) is 0 Å². The number of fused-ring (bicyclic) bond motifs is 1. The minimum atomic E-state index is -0.237. The zero-order valence-corrected chi connectivity index (χ0v) is 15.0. The number of ether oxygens (including phenoxy) is 2. The molecule has 1 aliphatic heterocycles. The molecule has 0 atom stereocenters. The summed E-state index contributed by atoms with van der Waals surface area (Å²) in [6.07, 6.45) is 3.99. The molecule has 1 aliphatic carbocycles. The van der Waals surface area contributed by atoms with E-state index in [-0.39, 0.29) is 11.5 Å². The van der Waals surface area contributed by atoms with Crippen molar-refractivity contribution in [1.29, 1.82) is 0 Å². The van der Waals surface area contributed by atoms with Crippen LogP contribution in [0.15, 0.2) is 23.4 Å². The Morgan fingerprint density at radius 3 is 2.76 bits per heavy atom. The normalized spacial score (nSPS) is 19.9. The molecular formula is C19H26N2O4. The highest BCUT2D eigenvalue weighted by Crippen LogP contribution is 2.47. The topological polar surface area (TPSA) is 71.4 Å². The van der Waals surface area contributed by atoms with Gasteiger partial charge in [0.05, 0.1) is 19.4 Å². The van der Waals surface area contributed by atoms with E-state index in [0.29, 0.717) is 25.4 Å². The van der Waals surface area contributed by atoms with Gasteiger partial charge in [0, 0.05) is 24.1 Å². The highest BCUT2D eigenvalue weighted by atomic mass is 16.6. The van der Waals surface area contributed by atoms with Gasteiger partial charge in [-0.25, -0.2) is 4.79 Å². The van der Waals surface area contributed by atoms with E-state index in [2.05, 4.69) is 18.1 Å². The standard InChI is InChI=1S/C19H26N2O4/c1-3-4-12-25-18(22)21-10-8-19(9-11-21)13-14-6-5-7-15(24-2)16(14)17(19)20-23/h5-7,23H,3-4,8-13H2,1-2H3/b20-17+. The number of oxime groups is 1. The smallest absolute Gasteiger partial charge is 0.409 e. The third-order valence-electron chi connectivity index (χ3n) is 5.40. The number of likely N-dealkylation sites (tertiary alicyclic amines) is 1. The Bertz CT molecular complexity index is 663. The first-order valence-electron chi connectivity index (χ1n) is 8.95. The maximum atomic E-state index is 12.2. The van der Waals surface area contributed by atoms with Crippen LogP contribution in [-0.2, 0) is 11.2 Å². The second kappa shape index (κ2) is 7.33. The van der Waals surface area contributed by atoms with Gasteiger partial charge in [0.25, 0.3) is 0 Å². The number of carbonyl (C=O) groups is 1. The second-order valence-corrected chi connectivity index (χ2v) is 6.86. The van der Waals surface area contributed by atoms with Gasteiger partial charge in [-0.05, 0) is 37.3 Å². The summed E-state index contributed by atoms with van der Waals surface area (Å²) < 4.78 is 10.8. The molecule has 6 nitrogen and oxygen atoms in total. The molecule has 1 saturated heterocycles. The number of nitrogens with zero attached hydrogens (tertiary/aromatic N) is 2. The van der Waals surface area contributed by atoms with E-state index in [9.17, 15) is 10.0 Å². The Balaban J connectivity index is 1.72. The van der Waals surface area contributed by atoms with Crippen molar-refractivity contribution in [3.63, 3.8) is 0 Å². The van der Waals surface area contributed by atoms with E-state index in [1.54, 1.807) is 12.0 Å². The molecule has 1 fully saturated rings. The van der Waals surface area contributed by atoms with Crippen molar-refractivity contribution < 1.29 is 19.5 Å². The fraction of sp³-hybridized carbons (Fsp3) is 0.579. The summed E-state index contributed by atoms with van der Waals surface area (Å²) in [5.41, 5.74) is 2.52. The molecule has 136 valence electrons. The van der Waals surface area contributed by atoms with Gasteiger partial charge in [-0.3, -0.25) is 0 Å². The summed E-state index contributed by atoms with van der Waals surface area (Å²) in [5.74, 6) is 0.739. The van der Waals surface area contributed by atoms with Crippen molar-refractivity contribution in [2.24, 2.45) is 10.6 Å². The zero-order chi connectivity index (χ0) is 17.9. The number of unbranched alkanes of at least 4 members (excludes halogenated alkanes) is 1. The fourth-order valence-electron chi connectivity index (χ4n) is 3.96. The third-order valence-corrected chi connectivity index (χ3v) is 5.40. The molecule has 0 aromatic heterocycles. The maximum absolute atomic E-state index is 12.2. The highest BCUT2D eigenvalue weighted by molar-refractivity contribution is 6.10. The van der Waals surface area contributed by atoms with Crippen LogP contribution < -0.4 is 4.74 Å². The lowest BCUT2D eigenvalue weighted by molar-refractivity contribution is 0.0800. The van der Waals surface area contributed by atoms with E-state index < -0.39 is 0 Å². The fourth-order valence-corrected chi connectivity index (χ4v) is 3.96. The van der Waals surface area contributed by atoms with E-state index in [1.807, 2.05) is 12.1 Å². The molecule has 1 aromatic rings. The molecule has 0 radical (unpaired) electrons. The Hall–Kier alpha value is -2.24. The largest absolute Gasteiger partial charge is 0.496 e. The average Bonchev–Trinajstić information content (AvgIpc) is 2.94. The quantitative estimate of drug-likeness (QED) is 0.515. The van der Waals surface area contributed by atoms with Crippen LogP contribution in [0.2, 0.25) is 0 Å². The lowest BCUT2D eigenvalue weighted by Gasteiger charge is -2.38. The number of methoxy groups -OCH3 is 1. The van der Waals surface area contributed by atoms with Crippen LogP contribution in [0.5, 0.6) is 5.75 Å². The van der Waals surface area contributed by atoms with Crippen molar-refractivity contribution in [2.75, 3.05) is 26.8 Å². The van der Waals surface area contributed by atoms with Gasteiger partial charge in [0.1, 0.15) is 5.75 Å². The lowest BCUT2D eigenvalue weighted by atomic mass is 9.74. The number of rotatable bonds is 4. The Morgan fingerprint density at radius 2 is 2.12 bits per heavy atom. The molecule has 3 rings (SSSR count). The predicted molar refractivity (Wildman–Crippen MR) is 94.5 cm³/mol. The van der Waals surface area contributed by atoms with E-state index in [4.69, 9.17) is 9.47 Å². The number of piperidine rings is 1. The zero-order valence-electron chi connectivity index (χ0n) is 15.0. The molecule has 2 aliphatic rings. The molecule has 1 N–H and O–H groups in total. The average molecular weight is 346 g/mol. The van der Waals surface area contributed by atoms with Crippen LogP contribution in [0.3, 0.4) is 0 Å². The summed E-state index contributed by atoms with van der Waals surface area (Å²) in [7, 11) is 1.63. The summed E-state index contributed by atoms with van der Waals surface area (Å²) >= 11 is 0. The van der Waals surface area contributed by atoms with Crippen molar-refractivity contribution >= 4 is 11.8 Å². The SMILES string of the molecule is CCCCOC(=O)N1CCC2(CC1)Cc1cccc(OC)c1/C2=N\O. The summed E-state index contributed by atoms with van der Waals surface area (Å²) in [6, 6.07) is 5.92. The number of hydrogen-bond acceptors (Lipinski definition) is 5. The van der Waals surface area contributed by atoms with Crippen molar-refractivity contribution in [1.82, 2.24) is 4.90 Å². The molecule has 0 saturated carbocycles. The molecule has 0 bridgehead atoms. The van der Waals surface area contributed by atoms with Crippen LogP contribution in [0.25, 0.3) is 0 Å². The van der Waals surface area contributed by atoms with Gasteiger partial charge in [0.15, 0.2) is 0 Å². The van der Waals surface area contributed by atoms with Crippen LogP contribution >= 0.6 is 0 Å². The summed E-state index contributed by atoms with van der Waals surface area (Å²) in [4.78, 5) is 13.9. The van der Waals surface area contributed by atoms with E-state index in [1.165, 1.54) is 0 Å². The van der Waals surface area contributed by atoms with Crippen molar-refractivity contribution in [2.45, 2.75) is 39.0 Å². The second-order valence-electron chi connectivity index (χ2n) is 6.86. The molecule has 1 heterocycles. The summed E-state index contributed by atoms with van der Waals surface area (Å²) in [5, 5.41) is 13.3. The molecular weight excluding hydrogens is 320 g/mol. The molecule has 1 aromatic carbocycles. The number of benzene rings is 1. The van der Waals surface area contributed by atoms with Crippen molar-refractivity contribution in [3.05, 3.63) is 29.3 Å². The van der Waals surface area contributed by atoms with Gasteiger partial charge < -0.3 is 19.6 Å². The number of amides is 1. The predicted octanol–water partition coefficient (Wildman–Crippen LogP) is 3.45. The van der Waals surface area contributed by atoms with Gasteiger partial charge >= 0.3 is 6.09 Å². The lowest BCUT2D eigenvalue weighted by Crippen LogP contribution is -2.46. The van der Waals surface area contributed by atoms with Crippen molar-refractivity contribution in [3.8, 4) is 5.75 Å². The highest BCUT2D eigenvalue weighted by Gasteiger charge is 2.47.